The van der Waals surface area contributed by atoms with E-state index in [0.717, 1.165) is 28.2 Å². The zero-order valence-electron chi connectivity index (χ0n) is 14.8. The number of fused-ring (bicyclic) bond motifs is 3. The Labute approximate surface area is 150 Å². The van der Waals surface area contributed by atoms with Gasteiger partial charge < -0.3 is 10.4 Å². The van der Waals surface area contributed by atoms with E-state index in [0.29, 0.717) is 12.4 Å². The predicted molar refractivity (Wildman–Crippen MR) is 97.6 cm³/mol. The molecule has 0 aliphatic heterocycles. The lowest BCUT2D eigenvalue weighted by Gasteiger charge is -2.31. The predicted octanol–water partition coefficient (Wildman–Crippen LogP) is 3.15. The molecule has 132 valence electrons. The minimum absolute atomic E-state index is 0.0948. The fraction of sp³-hybridized carbons (Fsp3) is 0.263. The Morgan fingerprint density at radius 1 is 1.27 bits per heavy atom. The number of anilines is 2. The maximum Gasteiger partial charge on any atom is 0.356 e. The van der Waals surface area contributed by atoms with Crippen LogP contribution in [0.1, 0.15) is 35.5 Å². The van der Waals surface area contributed by atoms with Crippen LogP contribution in [-0.4, -0.2) is 30.8 Å². The van der Waals surface area contributed by atoms with Crippen molar-refractivity contribution in [2.75, 3.05) is 5.32 Å². The molecular formula is C19H19N5O2. The van der Waals surface area contributed by atoms with Crippen LogP contribution >= 0.6 is 0 Å². The van der Waals surface area contributed by atoms with Crippen molar-refractivity contribution in [2.24, 2.45) is 7.05 Å². The van der Waals surface area contributed by atoms with E-state index >= 15 is 0 Å². The highest BCUT2D eigenvalue weighted by Gasteiger charge is 2.38. The monoisotopic (exact) mass is 349 g/mol. The normalized spacial score (nSPS) is 14.4. The smallest absolute Gasteiger partial charge is 0.356 e. The van der Waals surface area contributed by atoms with Crippen molar-refractivity contribution >= 4 is 17.6 Å². The molecule has 2 N–H and O–H groups in total. The van der Waals surface area contributed by atoms with E-state index in [9.17, 15) is 9.90 Å². The number of aromatic nitrogens is 4. The minimum atomic E-state index is -1.02. The Kier molecular flexibility index (Phi) is 3.54. The molecule has 0 saturated heterocycles. The molecular weight excluding hydrogens is 330 g/mol. The first kappa shape index (κ1) is 16.3. The molecule has 2 heterocycles. The number of nitrogens with zero attached hydrogens (tertiary/aromatic N) is 4. The summed E-state index contributed by atoms with van der Waals surface area (Å²) in [4.78, 5) is 20.8. The molecule has 1 aliphatic carbocycles. The zero-order valence-corrected chi connectivity index (χ0v) is 14.8. The van der Waals surface area contributed by atoms with Gasteiger partial charge in [-0.2, -0.15) is 5.10 Å². The van der Waals surface area contributed by atoms with Crippen LogP contribution in [-0.2, 0) is 18.9 Å². The Balaban J connectivity index is 1.87. The van der Waals surface area contributed by atoms with Gasteiger partial charge in [0.05, 0.1) is 11.4 Å². The van der Waals surface area contributed by atoms with Gasteiger partial charge in [0.15, 0.2) is 5.69 Å². The number of carboxylic acid groups (broad SMARTS) is 1. The van der Waals surface area contributed by atoms with Gasteiger partial charge in [-0.25, -0.2) is 14.8 Å². The van der Waals surface area contributed by atoms with Crippen LogP contribution in [0.4, 0.5) is 11.6 Å². The highest BCUT2D eigenvalue weighted by Crippen LogP contribution is 2.43. The summed E-state index contributed by atoms with van der Waals surface area (Å²) < 4.78 is 1.60. The quantitative estimate of drug-likeness (QED) is 0.754. The molecule has 7 heteroatoms. The number of hydrogen-bond acceptors (Lipinski definition) is 5. The summed E-state index contributed by atoms with van der Waals surface area (Å²) in [6.45, 7) is 4.14. The second-order valence-electron chi connectivity index (χ2n) is 7.11. The van der Waals surface area contributed by atoms with Crippen LogP contribution in [0.3, 0.4) is 0 Å². The van der Waals surface area contributed by atoms with Gasteiger partial charge in [0.25, 0.3) is 0 Å². The first-order chi connectivity index (χ1) is 12.4. The van der Waals surface area contributed by atoms with E-state index in [4.69, 9.17) is 4.98 Å². The van der Waals surface area contributed by atoms with Crippen LogP contribution in [0.15, 0.2) is 36.5 Å². The second kappa shape index (κ2) is 5.66. The van der Waals surface area contributed by atoms with Crippen molar-refractivity contribution in [1.82, 2.24) is 19.7 Å². The molecule has 26 heavy (non-hydrogen) atoms. The molecule has 3 aromatic rings. The number of nitrogens with one attached hydrogen (secondary N) is 1. The van der Waals surface area contributed by atoms with Gasteiger partial charge in [-0.1, -0.05) is 32.0 Å². The number of carboxylic acids is 1. The average molecular weight is 349 g/mol. The molecule has 4 rings (SSSR count). The summed E-state index contributed by atoms with van der Waals surface area (Å²) in [5.41, 5.74) is 3.89. The summed E-state index contributed by atoms with van der Waals surface area (Å²) in [5.74, 6) is -0.547. The molecule has 0 bridgehead atoms. The maximum atomic E-state index is 11.6. The first-order valence-corrected chi connectivity index (χ1v) is 8.36. The lowest BCUT2D eigenvalue weighted by atomic mass is 9.73. The number of carbonyl (C=O) groups is 1. The third-order valence-electron chi connectivity index (χ3n) is 4.74. The molecule has 0 saturated carbocycles. The Morgan fingerprint density at radius 3 is 2.69 bits per heavy atom. The van der Waals surface area contributed by atoms with Gasteiger partial charge in [0, 0.05) is 30.1 Å². The summed E-state index contributed by atoms with van der Waals surface area (Å²) in [6, 6.07) is 9.68. The van der Waals surface area contributed by atoms with E-state index in [-0.39, 0.29) is 11.1 Å². The molecule has 0 amide bonds. The molecule has 2 aromatic heterocycles. The topological polar surface area (TPSA) is 92.9 Å². The van der Waals surface area contributed by atoms with Crippen molar-refractivity contribution in [3.05, 3.63) is 53.3 Å². The second-order valence-corrected chi connectivity index (χ2v) is 7.11. The van der Waals surface area contributed by atoms with Crippen molar-refractivity contribution in [3.63, 3.8) is 0 Å². The number of hydrogen-bond donors (Lipinski definition) is 2. The summed E-state index contributed by atoms with van der Waals surface area (Å²) in [5, 5.41) is 16.9. The van der Waals surface area contributed by atoms with E-state index in [2.05, 4.69) is 29.2 Å². The summed E-state index contributed by atoms with van der Waals surface area (Å²) in [7, 11) is 1.75. The van der Waals surface area contributed by atoms with Crippen molar-refractivity contribution in [2.45, 2.75) is 25.7 Å². The SMILES string of the molecule is Cn1nc(C(=O)O)c2c1-c1nc(Nc3ccccc3)ncc1C(C)(C)C2. The summed E-state index contributed by atoms with van der Waals surface area (Å²) in [6.07, 6.45) is 2.41. The van der Waals surface area contributed by atoms with E-state index in [1.807, 2.05) is 36.5 Å². The van der Waals surface area contributed by atoms with Gasteiger partial charge in [-0.3, -0.25) is 4.68 Å². The van der Waals surface area contributed by atoms with Crippen LogP contribution in [0.5, 0.6) is 0 Å². The number of aryl methyl sites for hydroxylation is 1. The highest BCUT2D eigenvalue weighted by atomic mass is 16.4. The fourth-order valence-corrected chi connectivity index (χ4v) is 3.51. The molecule has 0 spiro atoms. The highest BCUT2D eigenvalue weighted by molar-refractivity contribution is 5.90. The van der Waals surface area contributed by atoms with Gasteiger partial charge in [0.1, 0.15) is 0 Å². The van der Waals surface area contributed by atoms with Crippen molar-refractivity contribution < 1.29 is 9.90 Å². The number of benzene rings is 1. The van der Waals surface area contributed by atoms with Crippen molar-refractivity contribution in [3.8, 4) is 11.4 Å². The van der Waals surface area contributed by atoms with Crippen molar-refractivity contribution in [1.29, 1.82) is 0 Å². The first-order valence-electron chi connectivity index (χ1n) is 8.36. The Bertz CT molecular complexity index is 1010. The molecule has 0 radical (unpaired) electrons. The fourth-order valence-electron chi connectivity index (χ4n) is 3.51. The Morgan fingerprint density at radius 2 is 2.00 bits per heavy atom. The van der Waals surface area contributed by atoms with Crippen LogP contribution in [0.2, 0.25) is 0 Å². The van der Waals surface area contributed by atoms with Crippen LogP contribution < -0.4 is 5.32 Å². The molecule has 7 nitrogen and oxygen atoms in total. The molecule has 0 atom stereocenters. The van der Waals surface area contributed by atoms with Gasteiger partial charge in [-0.15, -0.1) is 0 Å². The third kappa shape index (κ3) is 2.52. The van der Waals surface area contributed by atoms with E-state index in [1.165, 1.54) is 0 Å². The van der Waals surface area contributed by atoms with E-state index < -0.39 is 5.97 Å². The van der Waals surface area contributed by atoms with Crippen LogP contribution in [0.25, 0.3) is 11.4 Å². The van der Waals surface area contributed by atoms with Gasteiger partial charge in [0.2, 0.25) is 5.95 Å². The van der Waals surface area contributed by atoms with Crippen LogP contribution in [0, 0.1) is 0 Å². The standard InChI is InChI=1S/C19H19N5O2/c1-19(2)9-12-14(17(25)26)23-24(3)16(12)15-13(19)10-20-18(22-15)21-11-7-5-4-6-8-11/h4-8,10H,9H2,1-3H3,(H,25,26)(H,20,21,22). The third-order valence-corrected chi connectivity index (χ3v) is 4.74. The zero-order chi connectivity index (χ0) is 18.5. The number of aromatic carboxylic acids is 1. The molecule has 0 fully saturated rings. The van der Waals surface area contributed by atoms with E-state index in [1.54, 1.807) is 11.7 Å². The molecule has 0 unspecified atom stereocenters. The molecule has 1 aliphatic rings. The average Bonchev–Trinajstić information content (AvgIpc) is 2.91. The lowest BCUT2D eigenvalue weighted by molar-refractivity contribution is 0.0688. The Hall–Kier alpha value is -3.22. The van der Waals surface area contributed by atoms with Gasteiger partial charge in [-0.05, 0) is 24.0 Å². The minimum Gasteiger partial charge on any atom is -0.476 e. The largest absolute Gasteiger partial charge is 0.476 e. The molecule has 1 aromatic carbocycles. The maximum absolute atomic E-state index is 11.6. The lowest BCUT2D eigenvalue weighted by Crippen LogP contribution is -2.28. The number of rotatable bonds is 3. The number of para-hydroxylation sites is 1. The van der Waals surface area contributed by atoms with Gasteiger partial charge >= 0.3 is 5.97 Å². The summed E-state index contributed by atoms with van der Waals surface area (Å²) >= 11 is 0.